The second kappa shape index (κ2) is 9.61. The van der Waals surface area contributed by atoms with Gasteiger partial charge in [-0.3, -0.25) is 9.80 Å². The van der Waals surface area contributed by atoms with Crippen LogP contribution in [-0.2, 0) is 11.2 Å². The van der Waals surface area contributed by atoms with Gasteiger partial charge in [-0.05, 0) is 35.4 Å². The number of β-amino-alcohol motifs (C(OH)–C–C–N with tert-alkyl or cyclic N) is 1. The van der Waals surface area contributed by atoms with E-state index in [4.69, 9.17) is 21.4 Å². The van der Waals surface area contributed by atoms with E-state index in [1.807, 2.05) is 17.8 Å². The maximum atomic E-state index is 9.07. The summed E-state index contributed by atoms with van der Waals surface area (Å²) in [6.07, 6.45) is 0.906. The summed E-state index contributed by atoms with van der Waals surface area (Å²) in [6, 6.07) is 14.7. The van der Waals surface area contributed by atoms with Crippen molar-refractivity contribution in [2.45, 2.75) is 22.3 Å². The highest BCUT2D eigenvalue weighted by Crippen LogP contribution is 2.42. The minimum absolute atomic E-state index is 0.0547. The molecule has 0 bridgehead atoms. The monoisotopic (exact) mass is 418 g/mol. The van der Waals surface area contributed by atoms with Crippen LogP contribution in [0.5, 0.6) is 0 Å². The molecule has 4 nitrogen and oxygen atoms in total. The molecule has 1 N–H and O–H groups in total. The molecule has 28 heavy (non-hydrogen) atoms. The first-order valence-electron chi connectivity index (χ1n) is 9.95. The van der Waals surface area contributed by atoms with Crippen molar-refractivity contribution < 1.29 is 9.84 Å². The van der Waals surface area contributed by atoms with E-state index in [1.165, 1.54) is 20.9 Å². The number of fused-ring (bicyclic) bond motifs is 2. The van der Waals surface area contributed by atoms with Crippen molar-refractivity contribution in [3.63, 3.8) is 0 Å². The van der Waals surface area contributed by atoms with E-state index < -0.39 is 0 Å². The average Bonchev–Trinajstić information content (AvgIpc) is 2.86. The zero-order valence-electron chi connectivity index (χ0n) is 16.0. The van der Waals surface area contributed by atoms with Crippen LogP contribution in [0.3, 0.4) is 0 Å². The number of aliphatic hydroxyl groups excluding tert-OH is 1. The van der Waals surface area contributed by atoms with Gasteiger partial charge in [-0.2, -0.15) is 0 Å². The summed E-state index contributed by atoms with van der Waals surface area (Å²) in [4.78, 5) is 7.31. The van der Waals surface area contributed by atoms with Crippen molar-refractivity contribution in [1.29, 1.82) is 0 Å². The Bertz CT molecular complexity index is 796. The molecule has 1 unspecified atom stereocenters. The molecule has 0 radical (unpaired) electrons. The summed E-state index contributed by atoms with van der Waals surface area (Å²) in [6.45, 7) is 6.82. The van der Waals surface area contributed by atoms with Gasteiger partial charge in [0, 0.05) is 60.5 Å². The normalized spacial score (nSPS) is 20.4. The van der Waals surface area contributed by atoms with E-state index in [-0.39, 0.29) is 12.7 Å². The van der Waals surface area contributed by atoms with Gasteiger partial charge < -0.3 is 9.84 Å². The first-order valence-corrected chi connectivity index (χ1v) is 11.1. The predicted molar refractivity (Wildman–Crippen MR) is 114 cm³/mol. The zero-order valence-corrected chi connectivity index (χ0v) is 17.6. The van der Waals surface area contributed by atoms with E-state index in [9.17, 15) is 0 Å². The van der Waals surface area contributed by atoms with Crippen molar-refractivity contribution in [1.82, 2.24) is 9.80 Å². The maximum Gasteiger partial charge on any atom is 0.0877 e. The molecule has 0 spiro atoms. The Morgan fingerprint density at radius 1 is 1.00 bits per heavy atom. The summed E-state index contributed by atoms with van der Waals surface area (Å²) in [5, 5.41) is 9.86. The summed E-state index contributed by atoms with van der Waals surface area (Å²) in [7, 11) is 0. The molecule has 1 atom stereocenters. The number of benzene rings is 2. The summed E-state index contributed by atoms with van der Waals surface area (Å²) < 4.78 is 6.41. The highest BCUT2D eigenvalue weighted by molar-refractivity contribution is 7.99. The predicted octanol–water partition coefficient (Wildman–Crippen LogP) is 3.71. The van der Waals surface area contributed by atoms with Gasteiger partial charge in [0.2, 0.25) is 0 Å². The van der Waals surface area contributed by atoms with E-state index in [2.05, 4.69) is 46.2 Å². The van der Waals surface area contributed by atoms with Gasteiger partial charge in [-0.1, -0.05) is 41.6 Å². The fraction of sp³-hybridized carbons (Fsp3) is 0.455. The number of ether oxygens (including phenoxy) is 1. The second-order valence-corrected chi connectivity index (χ2v) is 8.88. The Kier molecular flexibility index (Phi) is 6.94. The minimum Gasteiger partial charge on any atom is -0.395 e. The molecular weight excluding hydrogens is 392 g/mol. The lowest BCUT2D eigenvalue weighted by Crippen LogP contribution is -2.48. The molecule has 2 aliphatic heterocycles. The van der Waals surface area contributed by atoms with E-state index in [0.29, 0.717) is 0 Å². The first-order chi connectivity index (χ1) is 13.7. The molecule has 0 aromatic heterocycles. The topological polar surface area (TPSA) is 35.9 Å². The van der Waals surface area contributed by atoms with E-state index in [0.717, 1.165) is 57.3 Å². The quantitative estimate of drug-likeness (QED) is 0.773. The molecule has 2 aromatic carbocycles. The third-order valence-electron chi connectivity index (χ3n) is 5.52. The Morgan fingerprint density at radius 2 is 1.75 bits per heavy atom. The van der Waals surface area contributed by atoms with Gasteiger partial charge in [-0.25, -0.2) is 0 Å². The molecule has 4 rings (SSSR count). The lowest BCUT2D eigenvalue weighted by Gasteiger charge is -2.34. The van der Waals surface area contributed by atoms with Crippen molar-refractivity contribution >= 4 is 23.4 Å². The molecule has 0 saturated carbocycles. The summed E-state index contributed by atoms with van der Waals surface area (Å²) in [5.74, 6) is 0. The SMILES string of the molecule is OCCN1CCN(CCOC2Cc3cc(Cl)ccc3Sc3ccccc32)CC1. The largest absolute Gasteiger partial charge is 0.395 e. The van der Waals surface area contributed by atoms with Gasteiger partial charge in [-0.15, -0.1) is 0 Å². The van der Waals surface area contributed by atoms with Gasteiger partial charge in [0.05, 0.1) is 19.3 Å². The number of halogens is 1. The van der Waals surface area contributed by atoms with Crippen molar-refractivity contribution in [2.24, 2.45) is 0 Å². The highest BCUT2D eigenvalue weighted by atomic mass is 35.5. The van der Waals surface area contributed by atoms with Crippen LogP contribution >= 0.6 is 23.4 Å². The summed E-state index contributed by atoms with van der Waals surface area (Å²) in [5.41, 5.74) is 2.53. The standard InChI is InChI=1S/C22H27ClN2O2S/c23-18-5-6-21-17(15-18)16-20(19-3-1-2-4-22(19)28-21)27-14-12-25-9-7-24(8-10-25)11-13-26/h1-6,15,20,26H,7-14,16H2. The van der Waals surface area contributed by atoms with Crippen LogP contribution in [0.2, 0.25) is 5.02 Å². The highest BCUT2D eigenvalue weighted by Gasteiger charge is 2.24. The molecule has 1 saturated heterocycles. The van der Waals surface area contributed by atoms with Crippen LogP contribution in [0.4, 0.5) is 0 Å². The lowest BCUT2D eigenvalue weighted by atomic mass is 10.0. The van der Waals surface area contributed by atoms with Crippen LogP contribution in [0.15, 0.2) is 52.3 Å². The van der Waals surface area contributed by atoms with Crippen molar-refractivity contribution in [2.75, 3.05) is 52.5 Å². The Morgan fingerprint density at radius 3 is 2.54 bits per heavy atom. The fourth-order valence-electron chi connectivity index (χ4n) is 3.93. The molecule has 0 amide bonds. The number of aliphatic hydroxyl groups is 1. The van der Waals surface area contributed by atoms with Gasteiger partial charge in [0.25, 0.3) is 0 Å². The molecular formula is C22H27ClN2O2S. The Balaban J connectivity index is 1.39. The Labute approximate surface area is 176 Å². The van der Waals surface area contributed by atoms with Crippen molar-refractivity contribution in [3.8, 4) is 0 Å². The van der Waals surface area contributed by atoms with Gasteiger partial charge in [0.15, 0.2) is 0 Å². The van der Waals surface area contributed by atoms with Crippen LogP contribution in [-0.4, -0.2) is 67.4 Å². The number of hydrogen-bond donors (Lipinski definition) is 1. The Hall–Kier alpha value is -1.08. The van der Waals surface area contributed by atoms with Gasteiger partial charge >= 0.3 is 0 Å². The number of nitrogens with zero attached hydrogens (tertiary/aromatic N) is 2. The van der Waals surface area contributed by atoms with E-state index >= 15 is 0 Å². The molecule has 0 aliphatic carbocycles. The molecule has 2 aliphatic rings. The first kappa shape index (κ1) is 20.2. The molecule has 150 valence electrons. The third-order valence-corrected chi connectivity index (χ3v) is 6.97. The fourth-order valence-corrected chi connectivity index (χ4v) is 5.23. The third kappa shape index (κ3) is 4.90. The zero-order chi connectivity index (χ0) is 19.3. The van der Waals surface area contributed by atoms with Gasteiger partial charge in [0.1, 0.15) is 0 Å². The smallest absolute Gasteiger partial charge is 0.0877 e. The second-order valence-electron chi connectivity index (χ2n) is 7.36. The van der Waals surface area contributed by atoms with E-state index in [1.54, 1.807) is 0 Å². The molecule has 2 heterocycles. The lowest BCUT2D eigenvalue weighted by molar-refractivity contribution is 0.0240. The van der Waals surface area contributed by atoms with Crippen molar-refractivity contribution in [3.05, 3.63) is 58.6 Å². The van der Waals surface area contributed by atoms with Crippen LogP contribution in [0, 0.1) is 0 Å². The number of hydrogen-bond acceptors (Lipinski definition) is 5. The minimum atomic E-state index is 0.0547. The molecule has 2 aromatic rings. The van der Waals surface area contributed by atoms with Crippen LogP contribution in [0.25, 0.3) is 0 Å². The number of rotatable bonds is 6. The molecule has 6 heteroatoms. The van der Waals surface area contributed by atoms with Crippen LogP contribution in [0.1, 0.15) is 17.2 Å². The molecule has 1 fully saturated rings. The maximum absolute atomic E-state index is 9.07. The number of piperazine rings is 1. The average molecular weight is 419 g/mol. The summed E-state index contributed by atoms with van der Waals surface area (Å²) >= 11 is 8.06. The van der Waals surface area contributed by atoms with Crippen LogP contribution < -0.4 is 0 Å².